The molecule has 0 aromatic heterocycles. The van der Waals surface area contributed by atoms with Crippen molar-refractivity contribution in [3.05, 3.63) is 35.4 Å². The molecule has 21 heavy (non-hydrogen) atoms. The molecule has 1 aliphatic rings. The van der Waals surface area contributed by atoms with Crippen molar-refractivity contribution in [1.82, 2.24) is 4.90 Å². The summed E-state index contributed by atoms with van der Waals surface area (Å²) in [6.45, 7) is 6.08. The van der Waals surface area contributed by atoms with E-state index in [1.165, 1.54) is 6.07 Å². The van der Waals surface area contributed by atoms with E-state index in [4.69, 9.17) is 0 Å². The molecular formula is C17H25F2NO. The minimum atomic E-state index is -0.848. The van der Waals surface area contributed by atoms with Crippen molar-refractivity contribution in [2.75, 3.05) is 13.1 Å². The predicted molar refractivity (Wildman–Crippen MR) is 80.2 cm³/mol. The van der Waals surface area contributed by atoms with Gasteiger partial charge in [0.25, 0.3) is 0 Å². The van der Waals surface area contributed by atoms with E-state index in [2.05, 4.69) is 18.7 Å². The van der Waals surface area contributed by atoms with Crippen molar-refractivity contribution in [1.29, 1.82) is 0 Å². The molecule has 1 aliphatic heterocycles. The van der Waals surface area contributed by atoms with Crippen LogP contribution >= 0.6 is 0 Å². The Hall–Kier alpha value is -1.00. The monoisotopic (exact) mass is 297 g/mol. The molecular weight excluding hydrogens is 272 g/mol. The van der Waals surface area contributed by atoms with E-state index >= 15 is 0 Å². The fourth-order valence-electron chi connectivity index (χ4n) is 3.65. The minimum Gasteiger partial charge on any atom is -0.391 e. The van der Waals surface area contributed by atoms with Crippen molar-refractivity contribution < 1.29 is 13.9 Å². The first kappa shape index (κ1) is 16.4. The van der Waals surface area contributed by atoms with Crippen LogP contribution in [0.2, 0.25) is 0 Å². The van der Waals surface area contributed by atoms with E-state index in [9.17, 15) is 13.9 Å². The largest absolute Gasteiger partial charge is 0.391 e. The Morgan fingerprint density at radius 1 is 1.19 bits per heavy atom. The van der Waals surface area contributed by atoms with Gasteiger partial charge in [-0.2, -0.15) is 0 Å². The van der Waals surface area contributed by atoms with E-state index in [-0.39, 0.29) is 17.5 Å². The second kappa shape index (κ2) is 6.84. The lowest BCUT2D eigenvalue weighted by Gasteiger charge is -2.44. The number of rotatable bonds is 6. The summed E-state index contributed by atoms with van der Waals surface area (Å²) in [6, 6.07) is 4.16. The number of benzene rings is 1. The second-order valence-electron chi connectivity index (χ2n) is 5.94. The number of likely N-dealkylation sites (tertiary alicyclic amines) is 1. The van der Waals surface area contributed by atoms with Crippen molar-refractivity contribution in [2.24, 2.45) is 0 Å². The van der Waals surface area contributed by atoms with Gasteiger partial charge in [-0.15, -0.1) is 0 Å². The zero-order chi connectivity index (χ0) is 15.5. The summed E-state index contributed by atoms with van der Waals surface area (Å²) in [5.41, 5.74) is -0.0807. The van der Waals surface area contributed by atoms with Crippen LogP contribution in [0.25, 0.3) is 0 Å². The zero-order valence-electron chi connectivity index (χ0n) is 12.9. The lowest BCUT2D eigenvalue weighted by molar-refractivity contribution is -0.0273. The molecule has 1 saturated heterocycles. The zero-order valence-corrected chi connectivity index (χ0v) is 12.9. The lowest BCUT2D eigenvalue weighted by Crippen LogP contribution is -2.55. The summed E-state index contributed by atoms with van der Waals surface area (Å²) in [4.78, 5) is 2.33. The number of nitrogens with zero attached hydrogens (tertiary/aromatic N) is 1. The third-order valence-corrected chi connectivity index (χ3v) is 5.03. The third kappa shape index (κ3) is 3.11. The van der Waals surface area contributed by atoms with Crippen LogP contribution in [0.15, 0.2) is 18.2 Å². The van der Waals surface area contributed by atoms with Gasteiger partial charge in [0.15, 0.2) is 11.6 Å². The van der Waals surface area contributed by atoms with Crippen LogP contribution in [0.5, 0.6) is 0 Å². The van der Waals surface area contributed by atoms with Crippen molar-refractivity contribution in [2.45, 2.75) is 57.6 Å². The Balaban J connectivity index is 2.22. The first-order valence-electron chi connectivity index (χ1n) is 7.91. The third-order valence-electron chi connectivity index (χ3n) is 5.03. The summed E-state index contributed by atoms with van der Waals surface area (Å²) in [6.07, 6.45) is 3.36. The van der Waals surface area contributed by atoms with E-state index in [0.717, 1.165) is 44.8 Å². The standard InChI is InChI=1S/C17H25F2NO/c1-3-17(4-2,20-10-5-6-11-20)15(21)12-13-8-7-9-14(18)16(13)19/h7-9,15,21H,3-6,10-12H2,1-2H3. The molecule has 1 fully saturated rings. The Morgan fingerprint density at radius 3 is 2.38 bits per heavy atom. The highest BCUT2D eigenvalue weighted by molar-refractivity contribution is 5.21. The molecule has 0 spiro atoms. The topological polar surface area (TPSA) is 23.5 Å². The Bertz CT molecular complexity index is 468. The van der Waals surface area contributed by atoms with Gasteiger partial charge >= 0.3 is 0 Å². The summed E-state index contributed by atoms with van der Waals surface area (Å²) >= 11 is 0. The van der Waals surface area contributed by atoms with Crippen LogP contribution in [-0.2, 0) is 6.42 Å². The molecule has 0 bridgehead atoms. The minimum absolute atomic E-state index is 0.155. The van der Waals surface area contributed by atoms with E-state index in [0.29, 0.717) is 0 Å². The molecule has 0 radical (unpaired) electrons. The SMILES string of the molecule is CCC(CC)(C(O)Cc1cccc(F)c1F)N1CCCC1. The molecule has 2 nitrogen and oxygen atoms in total. The van der Waals surface area contributed by atoms with E-state index < -0.39 is 17.7 Å². The van der Waals surface area contributed by atoms with Gasteiger partial charge in [-0.25, -0.2) is 8.78 Å². The molecule has 1 N–H and O–H groups in total. The average molecular weight is 297 g/mol. The van der Waals surface area contributed by atoms with Gasteiger partial charge in [0.1, 0.15) is 0 Å². The van der Waals surface area contributed by atoms with E-state index in [1.54, 1.807) is 6.07 Å². The highest BCUT2D eigenvalue weighted by Gasteiger charge is 2.41. The fraction of sp³-hybridized carbons (Fsp3) is 0.647. The molecule has 1 atom stereocenters. The second-order valence-corrected chi connectivity index (χ2v) is 5.94. The van der Waals surface area contributed by atoms with Crippen molar-refractivity contribution >= 4 is 0 Å². The number of halogens is 2. The van der Waals surface area contributed by atoms with Crippen molar-refractivity contribution in [3.8, 4) is 0 Å². The Kier molecular flexibility index (Phi) is 5.33. The lowest BCUT2D eigenvalue weighted by atomic mass is 9.81. The summed E-state index contributed by atoms with van der Waals surface area (Å²) in [7, 11) is 0. The van der Waals surface area contributed by atoms with Crippen LogP contribution in [0.1, 0.15) is 45.1 Å². The summed E-state index contributed by atoms with van der Waals surface area (Å²) in [5, 5.41) is 10.8. The summed E-state index contributed by atoms with van der Waals surface area (Å²) < 4.78 is 27.2. The number of hydrogen-bond donors (Lipinski definition) is 1. The molecule has 0 saturated carbocycles. The molecule has 1 aromatic rings. The molecule has 0 aliphatic carbocycles. The Labute approximate surface area is 125 Å². The van der Waals surface area contributed by atoms with Crippen LogP contribution in [0.4, 0.5) is 8.78 Å². The molecule has 1 heterocycles. The maximum atomic E-state index is 13.8. The van der Waals surface area contributed by atoms with Gasteiger partial charge in [-0.3, -0.25) is 4.90 Å². The van der Waals surface area contributed by atoms with Gasteiger partial charge < -0.3 is 5.11 Å². The number of hydrogen-bond acceptors (Lipinski definition) is 2. The first-order chi connectivity index (χ1) is 10.0. The first-order valence-corrected chi connectivity index (χ1v) is 7.91. The Morgan fingerprint density at radius 2 is 1.81 bits per heavy atom. The molecule has 1 unspecified atom stereocenters. The molecule has 118 valence electrons. The van der Waals surface area contributed by atoms with Crippen LogP contribution < -0.4 is 0 Å². The van der Waals surface area contributed by atoms with Crippen LogP contribution in [-0.4, -0.2) is 34.7 Å². The summed E-state index contributed by atoms with van der Waals surface area (Å²) in [5.74, 6) is -1.68. The predicted octanol–water partition coefficient (Wildman–Crippen LogP) is 3.52. The molecule has 1 aromatic carbocycles. The van der Waals surface area contributed by atoms with Crippen LogP contribution in [0.3, 0.4) is 0 Å². The fourth-order valence-corrected chi connectivity index (χ4v) is 3.65. The van der Waals surface area contributed by atoms with Gasteiger partial charge in [0, 0.05) is 12.0 Å². The maximum Gasteiger partial charge on any atom is 0.162 e. The highest BCUT2D eigenvalue weighted by Crippen LogP contribution is 2.33. The van der Waals surface area contributed by atoms with Gasteiger partial charge in [0.2, 0.25) is 0 Å². The van der Waals surface area contributed by atoms with Gasteiger partial charge in [0.05, 0.1) is 6.10 Å². The molecule has 0 amide bonds. The number of aliphatic hydroxyl groups is 1. The maximum absolute atomic E-state index is 13.8. The van der Waals surface area contributed by atoms with Gasteiger partial charge in [-0.05, 0) is 50.4 Å². The molecule has 4 heteroatoms. The van der Waals surface area contributed by atoms with Gasteiger partial charge in [-0.1, -0.05) is 26.0 Å². The molecule has 2 rings (SSSR count). The van der Waals surface area contributed by atoms with E-state index in [1.807, 2.05) is 0 Å². The van der Waals surface area contributed by atoms with Crippen LogP contribution in [0, 0.1) is 11.6 Å². The smallest absolute Gasteiger partial charge is 0.162 e. The number of aliphatic hydroxyl groups excluding tert-OH is 1. The highest BCUT2D eigenvalue weighted by atomic mass is 19.2. The van der Waals surface area contributed by atoms with Crippen molar-refractivity contribution in [3.63, 3.8) is 0 Å². The normalized spacial score (nSPS) is 18.1. The average Bonchev–Trinajstić information content (AvgIpc) is 3.00. The quantitative estimate of drug-likeness (QED) is 0.868.